The maximum Gasteiger partial charge on any atom is 0.336 e. The molecule has 0 fully saturated rings. The molecule has 0 radical (unpaired) electrons. The molecule has 0 bridgehead atoms. The highest BCUT2D eigenvalue weighted by Crippen LogP contribution is 2.25. The van der Waals surface area contributed by atoms with Crippen LogP contribution in [0.25, 0.3) is 16.7 Å². The molecule has 5 heteroatoms. The number of carboxylic acid groups (broad SMARTS) is 1. The van der Waals surface area contributed by atoms with E-state index in [0.717, 1.165) is 11.3 Å². The molecule has 0 saturated heterocycles. The number of carbonyl (C=O) groups is 1. The molecule has 0 unspecified atom stereocenters. The SMILES string of the molecule is Cc1cccc(-n2nc(C)c3c(C(=O)O)cc(C)nc32)c1. The van der Waals surface area contributed by atoms with Gasteiger partial charge < -0.3 is 5.11 Å². The van der Waals surface area contributed by atoms with Crippen molar-refractivity contribution in [2.75, 3.05) is 0 Å². The number of rotatable bonds is 2. The first-order chi connectivity index (χ1) is 9.97. The molecule has 2 heterocycles. The van der Waals surface area contributed by atoms with Crippen molar-refractivity contribution in [3.8, 4) is 5.69 Å². The fourth-order valence-electron chi connectivity index (χ4n) is 2.52. The molecule has 0 aliphatic carbocycles. The minimum atomic E-state index is -0.961. The number of nitrogens with zero attached hydrogens (tertiary/aromatic N) is 3. The van der Waals surface area contributed by atoms with Crippen LogP contribution in [0.15, 0.2) is 30.3 Å². The van der Waals surface area contributed by atoms with Gasteiger partial charge in [-0.05, 0) is 44.5 Å². The van der Waals surface area contributed by atoms with Crippen molar-refractivity contribution in [1.29, 1.82) is 0 Å². The smallest absolute Gasteiger partial charge is 0.336 e. The third-order valence-corrected chi connectivity index (χ3v) is 3.42. The Balaban J connectivity index is 2.38. The third kappa shape index (κ3) is 2.16. The Morgan fingerprint density at radius 2 is 1.95 bits per heavy atom. The molecule has 106 valence electrons. The average Bonchev–Trinajstić information content (AvgIpc) is 2.75. The Labute approximate surface area is 121 Å². The second-order valence-corrected chi connectivity index (χ2v) is 5.15. The van der Waals surface area contributed by atoms with Crippen LogP contribution >= 0.6 is 0 Å². The van der Waals surface area contributed by atoms with E-state index in [1.807, 2.05) is 31.2 Å². The predicted molar refractivity (Wildman–Crippen MR) is 80.0 cm³/mol. The van der Waals surface area contributed by atoms with Crippen LogP contribution in [0, 0.1) is 20.8 Å². The van der Waals surface area contributed by atoms with Gasteiger partial charge in [0, 0.05) is 5.69 Å². The summed E-state index contributed by atoms with van der Waals surface area (Å²) < 4.78 is 1.71. The van der Waals surface area contributed by atoms with Crippen molar-refractivity contribution in [2.24, 2.45) is 0 Å². The summed E-state index contributed by atoms with van der Waals surface area (Å²) in [6.07, 6.45) is 0. The lowest BCUT2D eigenvalue weighted by Gasteiger charge is -2.05. The van der Waals surface area contributed by atoms with Gasteiger partial charge in [0.05, 0.1) is 22.3 Å². The van der Waals surface area contributed by atoms with Crippen LogP contribution in [0.2, 0.25) is 0 Å². The Hall–Kier alpha value is -2.69. The van der Waals surface area contributed by atoms with Gasteiger partial charge in [-0.25, -0.2) is 14.5 Å². The van der Waals surface area contributed by atoms with E-state index < -0.39 is 5.97 Å². The first-order valence-electron chi connectivity index (χ1n) is 6.64. The standard InChI is InChI=1S/C16H15N3O2/c1-9-5-4-6-12(7-9)19-15-14(11(3)18-19)13(16(20)21)8-10(2)17-15/h4-8H,1-3H3,(H,20,21). The Morgan fingerprint density at radius 3 is 2.62 bits per heavy atom. The van der Waals surface area contributed by atoms with Gasteiger partial charge in [0.25, 0.3) is 0 Å². The molecule has 21 heavy (non-hydrogen) atoms. The molecule has 0 aliphatic heterocycles. The average molecular weight is 281 g/mol. The molecular formula is C16H15N3O2. The summed E-state index contributed by atoms with van der Waals surface area (Å²) in [5.74, 6) is -0.961. The van der Waals surface area contributed by atoms with Gasteiger partial charge in [-0.15, -0.1) is 0 Å². The lowest BCUT2D eigenvalue weighted by atomic mass is 10.1. The van der Waals surface area contributed by atoms with Crippen molar-refractivity contribution in [3.05, 3.63) is 52.8 Å². The highest BCUT2D eigenvalue weighted by molar-refractivity contribution is 6.03. The molecule has 3 aromatic rings. The first-order valence-corrected chi connectivity index (χ1v) is 6.64. The Bertz CT molecular complexity index is 865. The van der Waals surface area contributed by atoms with E-state index in [-0.39, 0.29) is 5.56 Å². The van der Waals surface area contributed by atoms with Crippen LogP contribution in [-0.2, 0) is 0 Å². The van der Waals surface area contributed by atoms with Crippen molar-refractivity contribution >= 4 is 17.0 Å². The number of benzene rings is 1. The lowest BCUT2D eigenvalue weighted by molar-refractivity contribution is 0.0698. The van der Waals surface area contributed by atoms with Crippen LogP contribution in [0.3, 0.4) is 0 Å². The predicted octanol–water partition coefficient (Wildman–Crippen LogP) is 3.04. The van der Waals surface area contributed by atoms with Crippen LogP contribution in [0.1, 0.15) is 27.3 Å². The molecule has 0 amide bonds. The van der Waals surface area contributed by atoms with Crippen molar-refractivity contribution in [3.63, 3.8) is 0 Å². The van der Waals surface area contributed by atoms with Crippen LogP contribution in [-0.4, -0.2) is 25.8 Å². The summed E-state index contributed by atoms with van der Waals surface area (Å²) in [5, 5.41) is 14.5. The number of aryl methyl sites for hydroxylation is 3. The topological polar surface area (TPSA) is 68.0 Å². The second-order valence-electron chi connectivity index (χ2n) is 5.15. The monoisotopic (exact) mass is 281 g/mol. The molecular weight excluding hydrogens is 266 g/mol. The number of hydrogen-bond acceptors (Lipinski definition) is 3. The zero-order valence-corrected chi connectivity index (χ0v) is 12.1. The quantitative estimate of drug-likeness (QED) is 0.784. The number of aromatic carboxylic acids is 1. The highest BCUT2D eigenvalue weighted by Gasteiger charge is 2.18. The van der Waals surface area contributed by atoms with E-state index in [0.29, 0.717) is 22.4 Å². The van der Waals surface area contributed by atoms with E-state index in [1.54, 1.807) is 24.6 Å². The van der Waals surface area contributed by atoms with Crippen molar-refractivity contribution in [1.82, 2.24) is 14.8 Å². The van der Waals surface area contributed by atoms with Crippen molar-refractivity contribution in [2.45, 2.75) is 20.8 Å². The van der Waals surface area contributed by atoms with Gasteiger partial charge in [0.2, 0.25) is 0 Å². The minimum absolute atomic E-state index is 0.244. The normalized spacial score (nSPS) is 11.0. The largest absolute Gasteiger partial charge is 0.478 e. The van der Waals surface area contributed by atoms with Gasteiger partial charge in [-0.3, -0.25) is 0 Å². The van der Waals surface area contributed by atoms with E-state index in [4.69, 9.17) is 0 Å². The summed E-state index contributed by atoms with van der Waals surface area (Å²) in [6.45, 7) is 5.59. The maximum atomic E-state index is 11.5. The molecule has 0 spiro atoms. The molecule has 1 aromatic carbocycles. The molecule has 5 nitrogen and oxygen atoms in total. The number of fused-ring (bicyclic) bond motifs is 1. The van der Waals surface area contributed by atoms with E-state index in [9.17, 15) is 9.90 Å². The second kappa shape index (κ2) is 4.70. The number of pyridine rings is 1. The highest BCUT2D eigenvalue weighted by atomic mass is 16.4. The number of aromatic nitrogens is 3. The van der Waals surface area contributed by atoms with E-state index in [1.165, 1.54) is 0 Å². The van der Waals surface area contributed by atoms with Gasteiger partial charge in [-0.2, -0.15) is 5.10 Å². The van der Waals surface area contributed by atoms with E-state index >= 15 is 0 Å². The maximum absolute atomic E-state index is 11.5. The van der Waals surface area contributed by atoms with Gasteiger partial charge in [-0.1, -0.05) is 12.1 Å². The molecule has 0 aliphatic rings. The minimum Gasteiger partial charge on any atom is -0.478 e. The molecule has 2 aromatic heterocycles. The summed E-state index contributed by atoms with van der Waals surface area (Å²) >= 11 is 0. The zero-order valence-electron chi connectivity index (χ0n) is 12.1. The Morgan fingerprint density at radius 1 is 1.19 bits per heavy atom. The fourth-order valence-corrected chi connectivity index (χ4v) is 2.52. The zero-order chi connectivity index (χ0) is 15.1. The number of carboxylic acids is 1. The van der Waals surface area contributed by atoms with Crippen molar-refractivity contribution < 1.29 is 9.90 Å². The molecule has 3 rings (SSSR count). The van der Waals surface area contributed by atoms with Crippen LogP contribution < -0.4 is 0 Å². The fraction of sp³-hybridized carbons (Fsp3) is 0.188. The summed E-state index contributed by atoms with van der Waals surface area (Å²) in [6, 6.07) is 9.46. The summed E-state index contributed by atoms with van der Waals surface area (Å²) in [4.78, 5) is 15.9. The first kappa shape index (κ1) is 13.3. The van der Waals surface area contributed by atoms with Crippen LogP contribution in [0.4, 0.5) is 0 Å². The lowest BCUT2D eigenvalue weighted by Crippen LogP contribution is -2.02. The molecule has 0 atom stereocenters. The molecule has 0 saturated carbocycles. The van der Waals surface area contributed by atoms with Gasteiger partial charge in [0.15, 0.2) is 5.65 Å². The van der Waals surface area contributed by atoms with Gasteiger partial charge >= 0.3 is 5.97 Å². The summed E-state index contributed by atoms with van der Waals surface area (Å²) in [7, 11) is 0. The Kier molecular flexibility index (Phi) is 2.97. The summed E-state index contributed by atoms with van der Waals surface area (Å²) in [5.41, 5.74) is 4.14. The third-order valence-electron chi connectivity index (χ3n) is 3.42. The van der Waals surface area contributed by atoms with E-state index in [2.05, 4.69) is 10.1 Å². The molecule has 1 N–H and O–H groups in total. The van der Waals surface area contributed by atoms with Crippen LogP contribution in [0.5, 0.6) is 0 Å². The number of hydrogen-bond donors (Lipinski definition) is 1. The van der Waals surface area contributed by atoms with Gasteiger partial charge in [0.1, 0.15) is 0 Å².